The highest BCUT2D eigenvalue weighted by molar-refractivity contribution is 7.91. The van der Waals surface area contributed by atoms with Crippen molar-refractivity contribution in [3.05, 3.63) is 53.1 Å². The molecule has 1 unspecified atom stereocenters. The highest BCUT2D eigenvalue weighted by atomic mass is 32.2. The molecule has 0 bridgehead atoms. The number of ether oxygens (including phenoxy) is 1. The molecule has 2 aromatic carbocycles. The maximum atomic E-state index is 13.7. The van der Waals surface area contributed by atoms with Crippen LogP contribution in [0.2, 0.25) is 0 Å². The lowest BCUT2D eigenvalue weighted by molar-refractivity contribution is 0.0915. The lowest BCUT2D eigenvalue weighted by atomic mass is 10.1. The zero-order valence-corrected chi connectivity index (χ0v) is 19.6. The van der Waals surface area contributed by atoms with E-state index < -0.39 is 9.84 Å². The number of hydrogen-bond donors (Lipinski definition) is 0. The molecular weight excluding hydrogens is 432 g/mol. The van der Waals surface area contributed by atoms with E-state index in [1.165, 1.54) is 17.4 Å². The van der Waals surface area contributed by atoms with E-state index in [1.807, 2.05) is 19.9 Å². The van der Waals surface area contributed by atoms with Crippen molar-refractivity contribution in [2.45, 2.75) is 44.6 Å². The second kappa shape index (κ2) is 8.68. The van der Waals surface area contributed by atoms with Gasteiger partial charge in [-0.2, -0.15) is 0 Å². The molecule has 31 heavy (non-hydrogen) atoms. The fourth-order valence-corrected chi connectivity index (χ4v) is 6.05. The third-order valence-electron chi connectivity index (χ3n) is 5.53. The third kappa shape index (κ3) is 4.37. The van der Waals surface area contributed by atoms with Crippen LogP contribution in [0.5, 0.6) is 0 Å². The minimum absolute atomic E-state index is 0.0629. The molecule has 1 aliphatic heterocycles. The van der Waals surface area contributed by atoms with E-state index in [0.717, 1.165) is 34.2 Å². The van der Waals surface area contributed by atoms with E-state index in [-0.39, 0.29) is 28.2 Å². The normalized spacial score (nSPS) is 16.7. The summed E-state index contributed by atoms with van der Waals surface area (Å²) in [5.41, 5.74) is 3.24. The maximum absolute atomic E-state index is 13.7. The summed E-state index contributed by atoms with van der Waals surface area (Å²) in [6.45, 7) is 6.65. The number of anilines is 1. The van der Waals surface area contributed by atoms with Crippen molar-refractivity contribution in [2.24, 2.45) is 0 Å². The zero-order valence-electron chi connectivity index (χ0n) is 17.9. The minimum atomic E-state index is -3.55. The number of amides is 1. The van der Waals surface area contributed by atoms with Gasteiger partial charge in [-0.3, -0.25) is 9.69 Å². The SMILES string of the molecule is CCS(=O)(=O)c1ccccc1C(=O)N(CC1CCCO1)c1nc2cc(C)cc(C)c2s1. The standard InChI is InChI=1S/C23H26N2O4S2/c1-4-31(27,28)20-10-6-5-9-18(20)22(26)25(14-17-8-7-11-29-17)23-24-19-13-15(2)12-16(3)21(19)30-23/h5-6,9-10,12-13,17H,4,7-8,11,14H2,1-3H3. The molecule has 2 heterocycles. The predicted octanol–water partition coefficient (Wildman–Crippen LogP) is 4.53. The fraction of sp³-hybridized carbons (Fsp3) is 0.391. The molecule has 0 spiro atoms. The summed E-state index contributed by atoms with van der Waals surface area (Å²) in [5, 5.41) is 0.563. The van der Waals surface area contributed by atoms with Crippen LogP contribution in [0.15, 0.2) is 41.3 Å². The van der Waals surface area contributed by atoms with Crippen molar-refractivity contribution in [3.8, 4) is 0 Å². The molecule has 1 aromatic heterocycles. The van der Waals surface area contributed by atoms with E-state index in [1.54, 1.807) is 30.0 Å². The Hall–Kier alpha value is -2.29. The van der Waals surface area contributed by atoms with Crippen LogP contribution >= 0.6 is 11.3 Å². The van der Waals surface area contributed by atoms with Gasteiger partial charge in [0.05, 0.1) is 39.1 Å². The van der Waals surface area contributed by atoms with Gasteiger partial charge in [-0.05, 0) is 56.0 Å². The number of sulfone groups is 1. The first-order valence-electron chi connectivity index (χ1n) is 10.4. The molecule has 0 saturated carbocycles. The molecule has 1 amide bonds. The smallest absolute Gasteiger partial charge is 0.261 e. The van der Waals surface area contributed by atoms with E-state index >= 15 is 0 Å². The third-order valence-corrected chi connectivity index (χ3v) is 8.54. The zero-order chi connectivity index (χ0) is 22.2. The van der Waals surface area contributed by atoms with Crippen molar-refractivity contribution in [1.82, 2.24) is 4.98 Å². The van der Waals surface area contributed by atoms with Gasteiger partial charge in [-0.15, -0.1) is 0 Å². The summed E-state index contributed by atoms with van der Waals surface area (Å²) in [5.74, 6) is -0.431. The van der Waals surface area contributed by atoms with Crippen LogP contribution in [0, 0.1) is 13.8 Å². The molecule has 8 heteroatoms. The number of hydrogen-bond acceptors (Lipinski definition) is 6. The topological polar surface area (TPSA) is 76.6 Å². The molecule has 6 nitrogen and oxygen atoms in total. The summed E-state index contributed by atoms with van der Waals surface area (Å²) >= 11 is 1.46. The van der Waals surface area contributed by atoms with Crippen molar-refractivity contribution < 1.29 is 17.9 Å². The monoisotopic (exact) mass is 458 g/mol. The van der Waals surface area contributed by atoms with Gasteiger partial charge in [-0.25, -0.2) is 13.4 Å². The van der Waals surface area contributed by atoms with Crippen LogP contribution in [0.25, 0.3) is 10.2 Å². The quantitative estimate of drug-likeness (QED) is 0.542. The Bertz CT molecular complexity index is 1230. The predicted molar refractivity (Wildman–Crippen MR) is 124 cm³/mol. The molecule has 1 aliphatic rings. The molecule has 3 aromatic rings. The Morgan fingerprint density at radius 3 is 2.74 bits per heavy atom. The molecule has 164 valence electrons. The summed E-state index contributed by atoms with van der Waals surface area (Å²) in [6.07, 6.45) is 1.72. The van der Waals surface area contributed by atoms with Gasteiger partial charge >= 0.3 is 0 Å². The van der Waals surface area contributed by atoms with E-state index in [9.17, 15) is 13.2 Å². The second-order valence-corrected chi connectivity index (χ2v) is 11.1. The number of aromatic nitrogens is 1. The summed E-state index contributed by atoms with van der Waals surface area (Å²) in [7, 11) is -3.55. The first-order valence-corrected chi connectivity index (χ1v) is 12.9. The highest BCUT2D eigenvalue weighted by Gasteiger charge is 2.30. The van der Waals surface area contributed by atoms with Crippen LogP contribution in [-0.2, 0) is 14.6 Å². The molecule has 1 saturated heterocycles. The molecule has 4 rings (SSSR count). The number of fused-ring (bicyclic) bond motifs is 1. The first kappa shape index (κ1) is 21.9. The van der Waals surface area contributed by atoms with Crippen molar-refractivity contribution in [2.75, 3.05) is 23.8 Å². The Kier molecular flexibility index (Phi) is 6.14. The van der Waals surface area contributed by atoms with Gasteiger partial charge in [0.25, 0.3) is 5.91 Å². The molecule has 0 radical (unpaired) electrons. The van der Waals surface area contributed by atoms with Crippen molar-refractivity contribution in [1.29, 1.82) is 0 Å². The van der Waals surface area contributed by atoms with E-state index in [2.05, 4.69) is 6.07 Å². The molecular formula is C23H26N2O4S2. The van der Waals surface area contributed by atoms with E-state index in [4.69, 9.17) is 9.72 Å². The highest BCUT2D eigenvalue weighted by Crippen LogP contribution is 2.34. The molecule has 0 aliphatic carbocycles. The van der Waals surface area contributed by atoms with Gasteiger partial charge in [0, 0.05) is 6.61 Å². The van der Waals surface area contributed by atoms with Crippen LogP contribution in [0.3, 0.4) is 0 Å². The largest absolute Gasteiger partial charge is 0.376 e. The van der Waals surface area contributed by atoms with Crippen molar-refractivity contribution >= 4 is 42.4 Å². The number of carbonyl (C=O) groups is 1. The van der Waals surface area contributed by atoms with Crippen LogP contribution in [0.1, 0.15) is 41.3 Å². The number of carbonyl (C=O) groups excluding carboxylic acids is 1. The van der Waals surface area contributed by atoms with Gasteiger partial charge in [0.1, 0.15) is 0 Å². The first-order chi connectivity index (χ1) is 14.8. The van der Waals surface area contributed by atoms with Crippen LogP contribution < -0.4 is 4.90 Å². The molecule has 0 N–H and O–H groups in total. The van der Waals surface area contributed by atoms with Gasteiger partial charge in [0.15, 0.2) is 15.0 Å². The minimum Gasteiger partial charge on any atom is -0.376 e. The van der Waals surface area contributed by atoms with Crippen LogP contribution in [0.4, 0.5) is 5.13 Å². The second-order valence-electron chi connectivity index (χ2n) is 7.88. The number of rotatable bonds is 6. The average Bonchev–Trinajstić information content (AvgIpc) is 3.41. The number of nitrogens with zero attached hydrogens (tertiary/aromatic N) is 2. The lowest BCUT2D eigenvalue weighted by Crippen LogP contribution is -2.38. The summed E-state index contributed by atoms with van der Waals surface area (Å²) in [6, 6.07) is 10.5. The van der Waals surface area contributed by atoms with Gasteiger partial charge < -0.3 is 4.74 Å². The van der Waals surface area contributed by atoms with Crippen LogP contribution in [-0.4, -0.2) is 44.3 Å². The molecule has 1 fully saturated rings. The lowest BCUT2D eigenvalue weighted by Gasteiger charge is -2.24. The Morgan fingerprint density at radius 1 is 1.26 bits per heavy atom. The van der Waals surface area contributed by atoms with Gasteiger partial charge in [-0.1, -0.05) is 36.5 Å². The summed E-state index contributed by atoms with van der Waals surface area (Å²) in [4.78, 5) is 20.1. The van der Waals surface area contributed by atoms with Gasteiger partial charge in [0.2, 0.25) is 0 Å². The Labute approximate surface area is 186 Å². The van der Waals surface area contributed by atoms with Crippen molar-refractivity contribution in [3.63, 3.8) is 0 Å². The fourth-order valence-electron chi connectivity index (χ4n) is 3.94. The average molecular weight is 459 g/mol. The Balaban J connectivity index is 1.81. The number of aryl methyl sites for hydroxylation is 2. The molecule has 1 atom stereocenters. The Morgan fingerprint density at radius 2 is 2.03 bits per heavy atom. The number of benzene rings is 2. The number of thiazole rings is 1. The van der Waals surface area contributed by atoms with E-state index in [0.29, 0.717) is 18.3 Å². The maximum Gasteiger partial charge on any atom is 0.261 e. The summed E-state index contributed by atoms with van der Waals surface area (Å²) < 4.78 is 32.1.